The zero-order chi connectivity index (χ0) is 11.5. The Hall–Kier alpha value is -1.16. The second-order valence-corrected chi connectivity index (χ2v) is 4.78. The molecule has 1 aliphatic carbocycles. The Balaban J connectivity index is 1.89. The Morgan fingerprint density at radius 2 is 2.31 bits per heavy atom. The molecule has 0 aromatic heterocycles. The molecule has 88 valence electrons. The molecule has 1 fully saturated rings. The van der Waals surface area contributed by atoms with Crippen molar-refractivity contribution < 1.29 is 9.59 Å². The number of carbonyl (C=O) groups is 2. The van der Waals surface area contributed by atoms with Crippen molar-refractivity contribution in [2.45, 2.75) is 38.6 Å². The summed E-state index contributed by atoms with van der Waals surface area (Å²) >= 11 is 0. The van der Waals surface area contributed by atoms with Gasteiger partial charge in [-0.3, -0.25) is 9.59 Å². The first-order chi connectivity index (χ1) is 7.65. The molecule has 0 spiro atoms. The van der Waals surface area contributed by atoms with Crippen LogP contribution in [-0.2, 0) is 9.59 Å². The predicted molar refractivity (Wildman–Crippen MR) is 60.7 cm³/mol. The molecular formula is C12H18N2O2. The van der Waals surface area contributed by atoms with E-state index in [9.17, 15) is 9.59 Å². The van der Waals surface area contributed by atoms with Crippen LogP contribution in [0.15, 0.2) is 11.8 Å². The fourth-order valence-electron chi connectivity index (χ4n) is 2.25. The first kappa shape index (κ1) is 11.3. The highest BCUT2D eigenvalue weighted by Crippen LogP contribution is 2.16. The number of amides is 1. The lowest BCUT2D eigenvalue weighted by atomic mass is 10.0. The maximum absolute atomic E-state index is 11.8. The first-order valence-electron chi connectivity index (χ1n) is 5.93. The van der Waals surface area contributed by atoms with Gasteiger partial charge in [-0.1, -0.05) is 6.92 Å². The van der Waals surface area contributed by atoms with E-state index in [4.69, 9.17) is 0 Å². The van der Waals surface area contributed by atoms with E-state index in [1.165, 1.54) is 0 Å². The van der Waals surface area contributed by atoms with Crippen molar-refractivity contribution >= 4 is 11.7 Å². The van der Waals surface area contributed by atoms with Crippen molar-refractivity contribution in [1.82, 2.24) is 10.6 Å². The molecule has 4 heteroatoms. The van der Waals surface area contributed by atoms with Gasteiger partial charge in [0.1, 0.15) is 0 Å². The molecule has 2 unspecified atom stereocenters. The Kier molecular flexibility index (Phi) is 3.39. The summed E-state index contributed by atoms with van der Waals surface area (Å²) in [5.74, 6) is 0.678. The molecule has 0 aromatic carbocycles. The molecule has 0 bridgehead atoms. The minimum atomic E-state index is -0.0899. The third-order valence-electron chi connectivity index (χ3n) is 3.16. The van der Waals surface area contributed by atoms with Crippen LogP contribution in [0.3, 0.4) is 0 Å². The Labute approximate surface area is 95.5 Å². The van der Waals surface area contributed by atoms with Crippen molar-refractivity contribution in [3.8, 4) is 0 Å². The topological polar surface area (TPSA) is 58.2 Å². The minimum absolute atomic E-state index is 0.00491. The molecule has 0 saturated carbocycles. The summed E-state index contributed by atoms with van der Waals surface area (Å²) in [4.78, 5) is 23.0. The van der Waals surface area contributed by atoms with Crippen LogP contribution < -0.4 is 10.6 Å². The van der Waals surface area contributed by atoms with Gasteiger partial charge in [-0.2, -0.15) is 0 Å². The molecule has 2 atom stereocenters. The standard InChI is InChI=1S/C12H18N2O2/c1-8-5-11(13-7-8)12(16)14-9-3-2-4-10(15)6-9/h6,8,11,13H,2-5,7H2,1H3,(H,14,16). The summed E-state index contributed by atoms with van der Waals surface area (Å²) in [6, 6.07) is -0.0899. The van der Waals surface area contributed by atoms with E-state index >= 15 is 0 Å². The summed E-state index contributed by atoms with van der Waals surface area (Å²) in [5.41, 5.74) is 0.780. The predicted octanol–water partition coefficient (Wildman–Crippen LogP) is 0.737. The molecule has 2 N–H and O–H groups in total. The fraction of sp³-hybridized carbons (Fsp3) is 0.667. The minimum Gasteiger partial charge on any atom is -0.328 e. The van der Waals surface area contributed by atoms with Crippen molar-refractivity contribution in [2.75, 3.05) is 6.54 Å². The number of rotatable bonds is 2. The van der Waals surface area contributed by atoms with Crippen LogP contribution >= 0.6 is 0 Å². The quantitative estimate of drug-likeness (QED) is 0.724. The summed E-state index contributed by atoms with van der Waals surface area (Å²) in [5, 5.41) is 6.03. The fourth-order valence-corrected chi connectivity index (χ4v) is 2.25. The molecule has 1 heterocycles. The Bertz CT molecular complexity index is 336. The van der Waals surface area contributed by atoms with Gasteiger partial charge in [0.05, 0.1) is 6.04 Å². The lowest BCUT2D eigenvalue weighted by molar-refractivity contribution is -0.122. The highest BCUT2D eigenvalue weighted by Gasteiger charge is 2.27. The number of allylic oxidation sites excluding steroid dienone is 2. The normalized spacial score (nSPS) is 30.1. The smallest absolute Gasteiger partial charge is 0.241 e. The number of carbonyl (C=O) groups excluding carboxylic acids is 2. The monoisotopic (exact) mass is 222 g/mol. The van der Waals surface area contributed by atoms with Crippen LogP contribution in [0.25, 0.3) is 0 Å². The largest absolute Gasteiger partial charge is 0.328 e. The van der Waals surface area contributed by atoms with Gasteiger partial charge in [0.25, 0.3) is 0 Å². The third kappa shape index (κ3) is 2.70. The van der Waals surface area contributed by atoms with Crippen LogP contribution in [0, 0.1) is 5.92 Å². The molecule has 0 aromatic rings. The van der Waals surface area contributed by atoms with Crippen LogP contribution in [0.4, 0.5) is 0 Å². The van der Waals surface area contributed by atoms with Crippen LogP contribution in [0.2, 0.25) is 0 Å². The van der Waals surface area contributed by atoms with Crippen LogP contribution in [0.1, 0.15) is 32.6 Å². The lowest BCUT2D eigenvalue weighted by Gasteiger charge is -2.16. The molecule has 1 aliphatic heterocycles. The Morgan fingerprint density at radius 3 is 2.94 bits per heavy atom. The molecular weight excluding hydrogens is 204 g/mol. The van der Waals surface area contributed by atoms with Gasteiger partial charge < -0.3 is 10.6 Å². The van der Waals surface area contributed by atoms with Crippen LogP contribution in [0.5, 0.6) is 0 Å². The highest BCUT2D eigenvalue weighted by molar-refractivity contribution is 5.92. The average Bonchev–Trinajstić information content (AvgIpc) is 2.65. The maximum Gasteiger partial charge on any atom is 0.241 e. The lowest BCUT2D eigenvalue weighted by Crippen LogP contribution is -2.40. The summed E-state index contributed by atoms with van der Waals surface area (Å²) in [6.07, 6.45) is 4.71. The summed E-state index contributed by atoms with van der Waals surface area (Å²) in [6.45, 7) is 3.03. The van der Waals surface area contributed by atoms with Crippen molar-refractivity contribution in [2.24, 2.45) is 5.92 Å². The molecule has 2 rings (SSSR count). The van der Waals surface area contributed by atoms with Crippen molar-refractivity contribution in [1.29, 1.82) is 0 Å². The van der Waals surface area contributed by atoms with Gasteiger partial charge in [0.2, 0.25) is 5.91 Å². The van der Waals surface area contributed by atoms with Crippen molar-refractivity contribution in [3.05, 3.63) is 11.8 Å². The number of hydrogen-bond acceptors (Lipinski definition) is 3. The van der Waals surface area contributed by atoms with Crippen molar-refractivity contribution in [3.63, 3.8) is 0 Å². The number of nitrogens with one attached hydrogen (secondary N) is 2. The summed E-state index contributed by atoms with van der Waals surface area (Å²) in [7, 11) is 0. The molecule has 1 amide bonds. The van der Waals surface area contributed by atoms with Gasteiger partial charge in [0, 0.05) is 18.2 Å². The number of ketones is 1. The zero-order valence-electron chi connectivity index (χ0n) is 9.58. The van der Waals surface area contributed by atoms with Gasteiger partial charge >= 0.3 is 0 Å². The average molecular weight is 222 g/mol. The molecule has 2 aliphatic rings. The molecule has 1 saturated heterocycles. The maximum atomic E-state index is 11.8. The Morgan fingerprint density at radius 1 is 1.50 bits per heavy atom. The van der Waals surface area contributed by atoms with Gasteiger partial charge in [-0.25, -0.2) is 0 Å². The van der Waals surface area contributed by atoms with Gasteiger partial charge in [-0.05, 0) is 31.7 Å². The van der Waals surface area contributed by atoms with Gasteiger partial charge in [0.15, 0.2) is 5.78 Å². The SMILES string of the molecule is CC1CNC(C(=O)NC2=CC(=O)CCC2)C1. The highest BCUT2D eigenvalue weighted by atomic mass is 16.2. The second-order valence-electron chi connectivity index (χ2n) is 4.78. The molecule has 0 radical (unpaired) electrons. The van der Waals surface area contributed by atoms with E-state index in [2.05, 4.69) is 17.6 Å². The van der Waals surface area contributed by atoms with Crippen LogP contribution in [-0.4, -0.2) is 24.3 Å². The third-order valence-corrected chi connectivity index (χ3v) is 3.16. The molecule has 4 nitrogen and oxygen atoms in total. The zero-order valence-corrected chi connectivity index (χ0v) is 9.58. The van der Waals surface area contributed by atoms with E-state index in [1.54, 1.807) is 6.08 Å². The van der Waals surface area contributed by atoms with Gasteiger partial charge in [-0.15, -0.1) is 0 Å². The van der Waals surface area contributed by atoms with E-state index in [0.717, 1.165) is 31.5 Å². The second kappa shape index (κ2) is 4.78. The van der Waals surface area contributed by atoms with E-state index in [-0.39, 0.29) is 17.7 Å². The van der Waals surface area contributed by atoms with E-state index in [0.29, 0.717) is 12.3 Å². The number of hydrogen-bond donors (Lipinski definition) is 2. The van der Waals surface area contributed by atoms with E-state index in [1.807, 2.05) is 0 Å². The van der Waals surface area contributed by atoms with E-state index < -0.39 is 0 Å². The summed E-state index contributed by atoms with van der Waals surface area (Å²) < 4.78 is 0. The molecule has 16 heavy (non-hydrogen) atoms. The first-order valence-corrected chi connectivity index (χ1v) is 5.93.